The van der Waals surface area contributed by atoms with E-state index >= 15 is 0 Å². The van der Waals surface area contributed by atoms with Gasteiger partial charge in [0.15, 0.2) is 0 Å². The quantitative estimate of drug-likeness (QED) is 0.906. The third-order valence-corrected chi connectivity index (χ3v) is 3.38. The van der Waals surface area contributed by atoms with E-state index < -0.39 is 0 Å². The van der Waals surface area contributed by atoms with E-state index in [0.717, 1.165) is 16.1 Å². The summed E-state index contributed by atoms with van der Waals surface area (Å²) in [5.74, 6) is 0. The smallest absolute Gasteiger partial charge is 0.0634 e. The van der Waals surface area contributed by atoms with Gasteiger partial charge in [-0.15, -0.1) is 0 Å². The Morgan fingerprint density at radius 3 is 2.83 bits per heavy atom. The van der Waals surface area contributed by atoms with Gasteiger partial charge in [-0.3, -0.25) is 4.98 Å². The summed E-state index contributed by atoms with van der Waals surface area (Å²) in [6.07, 6.45) is 3.40. The molecule has 18 heavy (non-hydrogen) atoms. The SMILES string of the molecule is CC(NCc1ccncc1Cl)c1cccc(Cl)c1. The Morgan fingerprint density at radius 2 is 2.11 bits per heavy atom. The van der Waals surface area contributed by atoms with Gasteiger partial charge in [0.05, 0.1) is 5.02 Å². The van der Waals surface area contributed by atoms with E-state index in [1.807, 2.05) is 24.3 Å². The van der Waals surface area contributed by atoms with E-state index in [0.29, 0.717) is 11.6 Å². The van der Waals surface area contributed by atoms with Crippen LogP contribution in [-0.2, 0) is 6.54 Å². The zero-order valence-electron chi connectivity index (χ0n) is 10.0. The van der Waals surface area contributed by atoms with E-state index in [1.54, 1.807) is 12.4 Å². The third-order valence-electron chi connectivity index (χ3n) is 2.80. The first kappa shape index (κ1) is 13.3. The second kappa shape index (κ2) is 6.19. The fourth-order valence-electron chi connectivity index (χ4n) is 1.70. The molecule has 0 aliphatic rings. The first-order valence-electron chi connectivity index (χ1n) is 5.74. The minimum Gasteiger partial charge on any atom is -0.306 e. The number of pyridine rings is 1. The van der Waals surface area contributed by atoms with Crippen molar-refractivity contribution >= 4 is 23.2 Å². The molecule has 0 spiro atoms. The highest BCUT2D eigenvalue weighted by molar-refractivity contribution is 6.31. The molecule has 0 aliphatic heterocycles. The molecule has 2 aromatic rings. The lowest BCUT2D eigenvalue weighted by Gasteiger charge is -2.15. The zero-order chi connectivity index (χ0) is 13.0. The summed E-state index contributed by atoms with van der Waals surface area (Å²) in [5, 5.41) is 4.85. The maximum Gasteiger partial charge on any atom is 0.0634 e. The van der Waals surface area contributed by atoms with Crippen molar-refractivity contribution in [2.24, 2.45) is 0 Å². The van der Waals surface area contributed by atoms with Gasteiger partial charge in [-0.1, -0.05) is 35.3 Å². The number of nitrogens with one attached hydrogen (secondary N) is 1. The minimum absolute atomic E-state index is 0.216. The molecular weight excluding hydrogens is 267 g/mol. The molecule has 1 aromatic heterocycles. The molecule has 0 amide bonds. The Balaban J connectivity index is 2.00. The van der Waals surface area contributed by atoms with Gasteiger partial charge >= 0.3 is 0 Å². The van der Waals surface area contributed by atoms with Gasteiger partial charge in [-0.25, -0.2) is 0 Å². The van der Waals surface area contributed by atoms with Gasteiger partial charge in [0.25, 0.3) is 0 Å². The number of rotatable bonds is 4. The summed E-state index contributed by atoms with van der Waals surface area (Å²) in [4.78, 5) is 3.96. The second-order valence-electron chi connectivity index (χ2n) is 4.12. The summed E-state index contributed by atoms with van der Waals surface area (Å²) >= 11 is 12.0. The maximum absolute atomic E-state index is 6.06. The standard InChI is InChI=1S/C14H14Cl2N2/c1-10(11-3-2-4-13(15)7-11)18-8-12-5-6-17-9-14(12)16/h2-7,9-10,18H,8H2,1H3. The fourth-order valence-corrected chi connectivity index (χ4v) is 2.09. The highest BCUT2D eigenvalue weighted by atomic mass is 35.5. The van der Waals surface area contributed by atoms with Crippen molar-refractivity contribution in [3.63, 3.8) is 0 Å². The minimum atomic E-state index is 0.216. The lowest BCUT2D eigenvalue weighted by molar-refractivity contribution is 0.574. The fraction of sp³-hybridized carbons (Fsp3) is 0.214. The molecule has 2 rings (SSSR count). The first-order valence-corrected chi connectivity index (χ1v) is 6.49. The van der Waals surface area contributed by atoms with E-state index in [9.17, 15) is 0 Å². The number of nitrogens with zero attached hydrogens (tertiary/aromatic N) is 1. The van der Waals surface area contributed by atoms with Gasteiger partial charge in [-0.2, -0.15) is 0 Å². The largest absolute Gasteiger partial charge is 0.306 e. The van der Waals surface area contributed by atoms with Crippen LogP contribution in [0.2, 0.25) is 10.0 Å². The molecule has 94 valence electrons. The van der Waals surface area contributed by atoms with E-state index in [4.69, 9.17) is 23.2 Å². The summed E-state index contributed by atoms with van der Waals surface area (Å²) in [6.45, 7) is 2.80. The Hall–Kier alpha value is -1.09. The number of benzene rings is 1. The number of halogens is 2. The molecule has 1 aromatic carbocycles. The van der Waals surface area contributed by atoms with Crippen LogP contribution < -0.4 is 5.32 Å². The van der Waals surface area contributed by atoms with Gasteiger partial charge < -0.3 is 5.32 Å². The van der Waals surface area contributed by atoms with Crippen molar-refractivity contribution in [3.8, 4) is 0 Å². The van der Waals surface area contributed by atoms with Crippen molar-refractivity contribution in [2.45, 2.75) is 19.5 Å². The Labute approximate surface area is 117 Å². The zero-order valence-corrected chi connectivity index (χ0v) is 11.5. The Bertz CT molecular complexity index is 529. The van der Waals surface area contributed by atoms with Crippen LogP contribution in [0.25, 0.3) is 0 Å². The van der Waals surface area contributed by atoms with Crippen LogP contribution in [0.1, 0.15) is 24.1 Å². The van der Waals surface area contributed by atoms with Crippen LogP contribution in [0.5, 0.6) is 0 Å². The molecular formula is C14H14Cl2N2. The monoisotopic (exact) mass is 280 g/mol. The van der Waals surface area contributed by atoms with E-state index in [1.165, 1.54) is 0 Å². The predicted octanol–water partition coefficient (Wildman–Crippen LogP) is 4.24. The molecule has 1 unspecified atom stereocenters. The van der Waals surface area contributed by atoms with Crippen molar-refractivity contribution in [1.29, 1.82) is 0 Å². The van der Waals surface area contributed by atoms with Gasteiger partial charge in [0.2, 0.25) is 0 Å². The Kier molecular flexibility index (Phi) is 4.59. The highest BCUT2D eigenvalue weighted by Crippen LogP contribution is 2.19. The average Bonchev–Trinajstić information content (AvgIpc) is 2.37. The molecule has 1 atom stereocenters. The lowest BCUT2D eigenvalue weighted by atomic mass is 10.1. The van der Waals surface area contributed by atoms with E-state index in [-0.39, 0.29) is 6.04 Å². The maximum atomic E-state index is 6.06. The van der Waals surface area contributed by atoms with Crippen LogP contribution in [0.15, 0.2) is 42.7 Å². The van der Waals surface area contributed by atoms with Crippen molar-refractivity contribution in [2.75, 3.05) is 0 Å². The van der Waals surface area contributed by atoms with Gasteiger partial charge in [0.1, 0.15) is 0 Å². The molecule has 1 N–H and O–H groups in total. The summed E-state index contributed by atoms with van der Waals surface area (Å²) in [6, 6.07) is 9.98. The summed E-state index contributed by atoms with van der Waals surface area (Å²) in [7, 11) is 0. The molecule has 0 radical (unpaired) electrons. The summed E-state index contributed by atoms with van der Waals surface area (Å²) in [5.41, 5.74) is 2.20. The van der Waals surface area contributed by atoms with Crippen LogP contribution in [-0.4, -0.2) is 4.98 Å². The van der Waals surface area contributed by atoms with Crippen LogP contribution in [0.4, 0.5) is 0 Å². The molecule has 0 saturated heterocycles. The molecule has 0 aliphatic carbocycles. The lowest BCUT2D eigenvalue weighted by Crippen LogP contribution is -2.18. The molecule has 0 fully saturated rings. The average molecular weight is 281 g/mol. The van der Waals surface area contributed by atoms with Crippen LogP contribution >= 0.6 is 23.2 Å². The molecule has 2 nitrogen and oxygen atoms in total. The number of hydrogen-bond acceptors (Lipinski definition) is 2. The normalized spacial score (nSPS) is 12.4. The Morgan fingerprint density at radius 1 is 1.28 bits per heavy atom. The van der Waals surface area contributed by atoms with Crippen LogP contribution in [0.3, 0.4) is 0 Å². The van der Waals surface area contributed by atoms with Gasteiger partial charge in [0, 0.05) is 30.0 Å². The van der Waals surface area contributed by atoms with Crippen molar-refractivity contribution in [1.82, 2.24) is 10.3 Å². The topological polar surface area (TPSA) is 24.9 Å². The molecule has 4 heteroatoms. The third kappa shape index (κ3) is 3.45. The van der Waals surface area contributed by atoms with E-state index in [2.05, 4.69) is 23.3 Å². The second-order valence-corrected chi connectivity index (χ2v) is 4.97. The first-order chi connectivity index (χ1) is 8.66. The molecule has 0 bridgehead atoms. The number of aromatic nitrogens is 1. The molecule has 1 heterocycles. The van der Waals surface area contributed by atoms with Crippen molar-refractivity contribution < 1.29 is 0 Å². The highest BCUT2D eigenvalue weighted by Gasteiger charge is 2.06. The molecule has 0 saturated carbocycles. The van der Waals surface area contributed by atoms with Gasteiger partial charge in [-0.05, 0) is 36.2 Å². The number of hydrogen-bond donors (Lipinski definition) is 1. The summed E-state index contributed by atoms with van der Waals surface area (Å²) < 4.78 is 0. The van der Waals surface area contributed by atoms with Crippen LogP contribution in [0, 0.1) is 0 Å². The van der Waals surface area contributed by atoms with Crippen molar-refractivity contribution in [3.05, 3.63) is 63.9 Å². The predicted molar refractivity (Wildman–Crippen MR) is 76.0 cm³/mol.